The molecular weight excluding hydrogens is 194 g/mol. The topological polar surface area (TPSA) is 44.0 Å². The van der Waals surface area contributed by atoms with Gasteiger partial charge in [0.1, 0.15) is 0 Å². The summed E-state index contributed by atoms with van der Waals surface area (Å²) in [4.78, 5) is 0. The Morgan fingerprint density at radius 3 is 2.57 bits per heavy atom. The molecule has 0 amide bonds. The lowest BCUT2D eigenvalue weighted by Gasteiger charge is -2.34. The van der Waals surface area contributed by atoms with E-state index in [1.807, 2.05) is 6.26 Å². The highest BCUT2D eigenvalue weighted by molar-refractivity contribution is 7.98. The molecule has 1 rings (SSSR count). The molecule has 0 heterocycles. The first kappa shape index (κ1) is 11.9. The molecule has 0 aromatic carbocycles. The molecule has 1 fully saturated rings. The number of nitrogens with zero attached hydrogens (tertiary/aromatic N) is 1. The minimum absolute atomic E-state index is 0.416. The number of rotatable bonds is 4. The van der Waals surface area contributed by atoms with Gasteiger partial charge in [-0.05, 0) is 31.3 Å². The van der Waals surface area contributed by atoms with E-state index in [1.165, 1.54) is 6.42 Å². The molecular formula is C11H19NOS. The second-order valence-corrected chi connectivity index (χ2v) is 5.11. The van der Waals surface area contributed by atoms with Gasteiger partial charge in [-0.25, -0.2) is 0 Å². The van der Waals surface area contributed by atoms with Gasteiger partial charge >= 0.3 is 0 Å². The van der Waals surface area contributed by atoms with Crippen LogP contribution in [0.15, 0.2) is 0 Å². The minimum Gasteiger partial charge on any atom is -0.391 e. The molecule has 1 N–H and O–H groups in total. The number of aliphatic hydroxyl groups excluding tert-OH is 1. The van der Waals surface area contributed by atoms with Gasteiger partial charge in [-0.2, -0.15) is 17.0 Å². The summed E-state index contributed by atoms with van der Waals surface area (Å²) in [5.41, 5.74) is -0.423. The third-order valence-electron chi connectivity index (χ3n) is 3.20. The number of thioether (sulfide) groups is 1. The standard InChI is InChI=1S/C11H19NOS/c1-14-8-5-10(13)11(9-12)6-3-2-4-7-11/h10,13H,2-8H2,1H3. The van der Waals surface area contributed by atoms with Crippen molar-refractivity contribution < 1.29 is 5.11 Å². The van der Waals surface area contributed by atoms with Crippen LogP contribution >= 0.6 is 11.8 Å². The Hall–Kier alpha value is -0.200. The molecule has 2 nitrogen and oxygen atoms in total. The van der Waals surface area contributed by atoms with Crippen molar-refractivity contribution in [1.29, 1.82) is 5.26 Å². The normalized spacial score (nSPS) is 22.6. The fourth-order valence-corrected chi connectivity index (χ4v) is 2.67. The molecule has 0 aromatic rings. The summed E-state index contributed by atoms with van der Waals surface area (Å²) in [5.74, 6) is 0.949. The van der Waals surface area contributed by atoms with Gasteiger partial charge in [-0.15, -0.1) is 0 Å². The molecule has 14 heavy (non-hydrogen) atoms. The summed E-state index contributed by atoms with van der Waals surface area (Å²) in [6.45, 7) is 0. The van der Waals surface area contributed by atoms with Crippen LogP contribution in [0, 0.1) is 16.7 Å². The quantitative estimate of drug-likeness (QED) is 0.780. The van der Waals surface area contributed by atoms with Crippen LogP contribution in [0.5, 0.6) is 0 Å². The van der Waals surface area contributed by atoms with Crippen molar-refractivity contribution in [2.75, 3.05) is 12.0 Å². The van der Waals surface area contributed by atoms with Crippen LogP contribution < -0.4 is 0 Å². The largest absolute Gasteiger partial charge is 0.391 e. The Balaban J connectivity index is 2.54. The minimum atomic E-state index is -0.423. The summed E-state index contributed by atoms with van der Waals surface area (Å²) >= 11 is 1.73. The third kappa shape index (κ3) is 2.65. The average Bonchev–Trinajstić information content (AvgIpc) is 2.26. The fourth-order valence-electron chi connectivity index (χ4n) is 2.21. The van der Waals surface area contributed by atoms with Gasteiger partial charge in [0.25, 0.3) is 0 Å². The fraction of sp³-hybridized carbons (Fsp3) is 0.909. The van der Waals surface area contributed by atoms with E-state index in [9.17, 15) is 10.4 Å². The zero-order chi connectivity index (χ0) is 10.4. The molecule has 3 heteroatoms. The van der Waals surface area contributed by atoms with Crippen molar-refractivity contribution in [3.8, 4) is 6.07 Å². The molecule has 1 atom stereocenters. The molecule has 1 aliphatic carbocycles. The van der Waals surface area contributed by atoms with Crippen molar-refractivity contribution in [3.63, 3.8) is 0 Å². The zero-order valence-corrected chi connectivity index (χ0v) is 9.65. The van der Waals surface area contributed by atoms with Crippen molar-refractivity contribution in [2.45, 2.75) is 44.6 Å². The van der Waals surface area contributed by atoms with Crippen LogP contribution in [-0.4, -0.2) is 23.2 Å². The summed E-state index contributed by atoms with van der Waals surface area (Å²) in [7, 11) is 0. The molecule has 0 aliphatic heterocycles. The van der Waals surface area contributed by atoms with Crippen LogP contribution in [0.3, 0.4) is 0 Å². The lowest BCUT2D eigenvalue weighted by molar-refractivity contribution is 0.0354. The maximum Gasteiger partial charge on any atom is 0.0832 e. The highest BCUT2D eigenvalue weighted by Gasteiger charge is 2.38. The van der Waals surface area contributed by atoms with Gasteiger partial charge in [0.15, 0.2) is 0 Å². The highest BCUT2D eigenvalue weighted by atomic mass is 32.2. The van der Waals surface area contributed by atoms with Crippen LogP contribution in [0.4, 0.5) is 0 Å². The van der Waals surface area contributed by atoms with Crippen LogP contribution in [0.25, 0.3) is 0 Å². The number of hydrogen-bond acceptors (Lipinski definition) is 3. The van der Waals surface area contributed by atoms with Gasteiger partial charge in [0, 0.05) is 0 Å². The van der Waals surface area contributed by atoms with Gasteiger partial charge < -0.3 is 5.11 Å². The average molecular weight is 213 g/mol. The number of hydrogen-bond donors (Lipinski definition) is 1. The predicted octanol–water partition coefficient (Wildman–Crippen LogP) is 2.57. The molecule has 0 bridgehead atoms. The third-order valence-corrected chi connectivity index (χ3v) is 3.85. The molecule has 0 saturated heterocycles. The summed E-state index contributed by atoms with van der Waals surface area (Å²) in [6.07, 6.45) is 7.58. The number of nitriles is 1. The van der Waals surface area contributed by atoms with Gasteiger partial charge in [-0.3, -0.25) is 0 Å². The highest BCUT2D eigenvalue weighted by Crippen LogP contribution is 2.39. The first-order valence-corrected chi connectivity index (χ1v) is 6.73. The molecule has 80 valence electrons. The maximum atomic E-state index is 10.0. The van der Waals surface area contributed by atoms with Crippen LogP contribution in [-0.2, 0) is 0 Å². The molecule has 0 aromatic heterocycles. The smallest absolute Gasteiger partial charge is 0.0832 e. The van der Waals surface area contributed by atoms with Crippen LogP contribution in [0.1, 0.15) is 38.5 Å². The zero-order valence-electron chi connectivity index (χ0n) is 8.83. The molecule has 0 radical (unpaired) electrons. The van der Waals surface area contributed by atoms with Crippen LogP contribution in [0.2, 0.25) is 0 Å². The van der Waals surface area contributed by atoms with E-state index >= 15 is 0 Å². The Morgan fingerprint density at radius 1 is 1.43 bits per heavy atom. The first-order valence-electron chi connectivity index (χ1n) is 5.33. The van der Waals surface area contributed by atoms with Crippen molar-refractivity contribution in [2.24, 2.45) is 5.41 Å². The van der Waals surface area contributed by atoms with E-state index in [2.05, 4.69) is 6.07 Å². The van der Waals surface area contributed by atoms with E-state index in [0.29, 0.717) is 0 Å². The summed E-state index contributed by atoms with van der Waals surface area (Å²) in [5, 5.41) is 19.2. The Kier molecular flexibility index (Phi) is 4.77. The Labute approximate surface area is 90.7 Å². The van der Waals surface area contributed by atoms with Gasteiger partial charge in [0.05, 0.1) is 17.6 Å². The maximum absolute atomic E-state index is 10.0. The van der Waals surface area contributed by atoms with E-state index in [-0.39, 0.29) is 0 Å². The SMILES string of the molecule is CSCCC(O)C1(C#N)CCCCC1. The summed E-state index contributed by atoms with van der Waals surface area (Å²) in [6, 6.07) is 2.37. The van der Waals surface area contributed by atoms with Crippen molar-refractivity contribution in [3.05, 3.63) is 0 Å². The first-order chi connectivity index (χ1) is 6.75. The Bertz CT molecular complexity index is 206. The second kappa shape index (κ2) is 5.63. The summed E-state index contributed by atoms with van der Waals surface area (Å²) < 4.78 is 0. The lowest BCUT2D eigenvalue weighted by atomic mass is 9.70. The molecule has 0 spiro atoms. The van der Waals surface area contributed by atoms with E-state index < -0.39 is 11.5 Å². The van der Waals surface area contributed by atoms with E-state index in [4.69, 9.17) is 0 Å². The van der Waals surface area contributed by atoms with Gasteiger partial charge in [-0.1, -0.05) is 19.3 Å². The van der Waals surface area contributed by atoms with Gasteiger partial charge in [0.2, 0.25) is 0 Å². The Morgan fingerprint density at radius 2 is 2.07 bits per heavy atom. The lowest BCUT2D eigenvalue weighted by Crippen LogP contribution is -2.36. The molecule has 1 aliphatic rings. The van der Waals surface area contributed by atoms with Crippen molar-refractivity contribution >= 4 is 11.8 Å². The van der Waals surface area contributed by atoms with E-state index in [0.717, 1.165) is 37.9 Å². The van der Waals surface area contributed by atoms with E-state index in [1.54, 1.807) is 11.8 Å². The molecule has 1 saturated carbocycles. The second-order valence-electron chi connectivity index (χ2n) is 4.13. The monoisotopic (exact) mass is 213 g/mol. The molecule has 1 unspecified atom stereocenters. The predicted molar refractivity (Wildman–Crippen MR) is 60.1 cm³/mol. The number of aliphatic hydroxyl groups is 1. The van der Waals surface area contributed by atoms with Crippen molar-refractivity contribution in [1.82, 2.24) is 0 Å².